The minimum Gasteiger partial charge on any atom is -0.352 e. The molecule has 6 nitrogen and oxygen atoms in total. The van der Waals surface area contributed by atoms with Crippen molar-refractivity contribution in [2.45, 2.75) is 58.5 Å². The van der Waals surface area contributed by atoms with Gasteiger partial charge in [0, 0.05) is 24.0 Å². The minimum atomic E-state index is -0.130. The zero-order valence-electron chi connectivity index (χ0n) is 13.1. The Hall–Kier alpha value is -2.11. The number of carbonyl (C=O) groups excluding carboxylic acids is 1. The van der Waals surface area contributed by atoms with Crippen molar-refractivity contribution in [3.05, 3.63) is 34.0 Å². The Bertz CT molecular complexity index is 759. The first-order valence-electron chi connectivity index (χ1n) is 7.99. The largest absolute Gasteiger partial charge is 0.352 e. The van der Waals surface area contributed by atoms with E-state index in [-0.39, 0.29) is 24.1 Å². The molecule has 0 aromatic carbocycles. The summed E-state index contributed by atoms with van der Waals surface area (Å²) in [5.74, 6) is -0.130. The number of hydrogen-bond acceptors (Lipinski definition) is 3. The lowest BCUT2D eigenvalue weighted by atomic mass is 9.97. The molecule has 2 heterocycles. The van der Waals surface area contributed by atoms with Gasteiger partial charge in [-0.1, -0.05) is 6.92 Å². The first kappa shape index (κ1) is 14.8. The smallest absolute Gasteiger partial charge is 0.277 e. The van der Waals surface area contributed by atoms with Crippen LogP contribution in [0.4, 0.5) is 0 Å². The quantitative estimate of drug-likeness (QED) is 0.925. The SMILES string of the molecule is CC[C@@H](C)NC(=O)Cn1ccn2nc3c(c2c1=O)CCCC3. The summed E-state index contributed by atoms with van der Waals surface area (Å²) in [5.41, 5.74) is 2.60. The number of rotatable bonds is 4. The second-order valence-corrected chi connectivity index (χ2v) is 6.03. The molecule has 2 aromatic heterocycles. The zero-order chi connectivity index (χ0) is 15.7. The van der Waals surface area contributed by atoms with E-state index in [1.165, 1.54) is 4.57 Å². The molecule has 0 spiro atoms. The molecule has 118 valence electrons. The summed E-state index contributed by atoms with van der Waals surface area (Å²) in [4.78, 5) is 24.7. The Morgan fingerprint density at radius 3 is 2.91 bits per heavy atom. The summed E-state index contributed by atoms with van der Waals surface area (Å²) < 4.78 is 3.14. The Balaban J connectivity index is 1.93. The Kier molecular flexibility index (Phi) is 4.00. The molecule has 6 heteroatoms. The van der Waals surface area contributed by atoms with Crippen molar-refractivity contribution in [3.63, 3.8) is 0 Å². The fourth-order valence-corrected chi connectivity index (χ4v) is 2.96. The second-order valence-electron chi connectivity index (χ2n) is 6.03. The average Bonchev–Trinajstić information content (AvgIpc) is 2.89. The standard InChI is InChI=1S/C16H22N4O2/c1-3-11(2)17-14(21)10-19-8-9-20-15(16(19)22)12-6-4-5-7-13(12)18-20/h8-9,11H,3-7,10H2,1-2H3,(H,17,21)/t11-/m1/s1. The van der Waals surface area contributed by atoms with Crippen LogP contribution in [-0.2, 0) is 24.2 Å². The van der Waals surface area contributed by atoms with Gasteiger partial charge in [0.1, 0.15) is 12.1 Å². The van der Waals surface area contributed by atoms with Gasteiger partial charge in [0.25, 0.3) is 5.56 Å². The van der Waals surface area contributed by atoms with Crippen LogP contribution in [0, 0.1) is 0 Å². The van der Waals surface area contributed by atoms with Crippen molar-refractivity contribution in [1.82, 2.24) is 19.5 Å². The number of aryl methyl sites for hydroxylation is 2. The predicted octanol–water partition coefficient (Wildman–Crippen LogP) is 1.29. The highest BCUT2D eigenvalue weighted by Gasteiger charge is 2.20. The first-order chi connectivity index (χ1) is 10.6. The number of nitrogens with zero attached hydrogens (tertiary/aromatic N) is 3. The Labute approximate surface area is 129 Å². The molecule has 1 atom stereocenters. The summed E-state index contributed by atoms with van der Waals surface area (Å²) in [6.07, 6.45) is 8.34. The highest BCUT2D eigenvalue weighted by atomic mass is 16.2. The van der Waals surface area contributed by atoms with Gasteiger partial charge < -0.3 is 9.88 Å². The van der Waals surface area contributed by atoms with E-state index in [2.05, 4.69) is 10.4 Å². The van der Waals surface area contributed by atoms with E-state index in [4.69, 9.17) is 0 Å². The third kappa shape index (κ3) is 2.65. The topological polar surface area (TPSA) is 68.4 Å². The van der Waals surface area contributed by atoms with Crippen molar-refractivity contribution in [1.29, 1.82) is 0 Å². The average molecular weight is 302 g/mol. The van der Waals surface area contributed by atoms with E-state index in [1.54, 1.807) is 16.9 Å². The number of hydrogen-bond donors (Lipinski definition) is 1. The van der Waals surface area contributed by atoms with Crippen molar-refractivity contribution in [2.24, 2.45) is 0 Å². The number of aromatic nitrogens is 3. The molecular weight excluding hydrogens is 280 g/mol. The van der Waals surface area contributed by atoms with Crippen molar-refractivity contribution in [2.75, 3.05) is 0 Å². The number of amides is 1. The molecule has 1 aliphatic rings. The van der Waals surface area contributed by atoms with Crippen molar-refractivity contribution < 1.29 is 4.79 Å². The van der Waals surface area contributed by atoms with Crippen LogP contribution in [0.5, 0.6) is 0 Å². The van der Waals surface area contributed by atoms with E-state index in [9.17, 15) is 9.59 Å². The van der Waals surface area contributed by atoms with Crippen LogP contribution in [-0.4, -0.2) is 26.1 Å². The highest BCUT2D eigenvalue weighted by Crippen LogP contribution is 2.22. The van der Waals surface area contributed by atoms with Crippen LogP contribution in [0.15, 0.2) is 17.2 Å². The van der Waals surface area contributed by atoms with Gasteiger partial charge in [0.05, 0.1) is 5.69 Å². The van der Waals surface area contributed by atoms with Gasteiger partial charge in [-0.25, -0.2) is 4.52 Å². The van der Waals surface area contributed by atoms with Gasteiger partial charge >= 0.3 is 0 Å². The normalized spacial score (nSPS) is 15.5. The molecule has 0 aliphatic heterocycles. The molecular formula is C16H22N4O2. The molecule has 0 unspecified atom stereocenters. The van der Waals surface area contributed by atoms with Gasteiger partial charge in [0.15, 0.2) is 0 Å². The lowest BCUT2D eigenvalue weighted by molar-refractivity contribution is -0.122. The molecule has 0 radical (unpaired) electrons. The molecule has 3 rings (SSSR count). The molecule has 2 aromatic rings. The third-order valence-corrected chi connectivity index (χ3v) is 4.37. The zero-order valence-corrected chi connectivity index (χ0v) is 13.1. The number of fused-ring (bicyclic) bond motifs is 3. The maximum absolute atomic E-state index is 12.7. The molecule has 1 N–H and O–H groups in total. The van der Waals surface area contributed by atoms with Gasteiger partial charge in [-0.05, 0) is 39.0 Å². The predicted molar refractivity (Wildman–Crippen MR) is 84.0 cm³/mol. The van der Waals surface area contributed by atoms with E-state index in [1.807, 2.05) is 13.8 Å². The van der Waals surface area contributed by atoms with Gasteiger partial charge in [0.2, 0.25) is 5.91 Å². The van der Waals surface area contributed by atoms with E-state index in [0.717, 1.165) is 43.4 Å². The highest BCUT2D eigenvalue weighted by molar-refractivity contribution is 5.76. The molecule has 0 fully saturated rings. The van der Waals surface area contributed by atoms with Crippen LogP contribution >= 0.6 is 0 Å². The Morgan fingerprint density at radius 2 is 2.14 bits per heavy atom. The molecule has 0 saturated heterocycles. The summed E-state index contributed by atoms with van der Waals surface area (Å²) in [5, 5.41) is 7.39. The molecule has 0 saturated carbocycles. The van der Waals surface area contributed by atoms with Gasteiger partial charge in [-0.2, -0.15) is 5.10 Å². The van der Waals surface area contributed by atoms with Crippen LogP contribution in [0.25, 0.3) is 5.52 Å². The summed E-state index contributed by atoms with van der Waals surface area (Å²) >= 11 is 0. The maximum atomic E-state index is 12.7. The monoisotopic (exact) mass is 302 g/mol. The first-order valence-corrected chi connectivity index (χ1v) is 7.99. The van der Waals surface area contributed by atoms with Crippen molar-refractivity contribution in [3.8, 4) is 0 Å². The minimum absolute atomic E-state index is 0.0552. The van der Waals surface area contributed by atoms with Crippen molar-refractivity contribution >= 4 is 11.4 Å². The third-order valence-electron chi connectivity index (χ3n) is 4.37. The fourth-order valence-electron chi connectivity index (χ4n) is 2.96. The van der Waals surface area contributed by atoms with E-state index >= 15 is 0 Å². The molecule has 0 bridgehead atoms. The second kappa shape index (κ2) is 5.94. The van der Waals surface area contributed by atoms with Gasteiger partial charge in [-0.3, -0.25) is 9.59 Å². The maximum Gasteiger partial charge on any atom is 0.277 e. The molecule has 1 aliphatic carbocycles. The van der Waals surface area contributed by atoms with Gasteiger partial charge in [-0.15, -0.1) is 0 Å². The van der Waals surface area contributed by atoms with E-state index in [0.29, 0.717) is 5.52 Å². The molecule has 1 amide bonds. The number of carbonyl (C=O) groups is 1. The number of nitrogens with one attached hydrogen (secondary N) is 1. The van der Waals surface area contributed by atoms with Crippen LogP contribution in [0.2, 0.25) is 0 Å². The van der Waals surface area contributed by atoms with Crippen LogP contribution in [0.1, 0.15) is 44.4 Å². The summed E-state index contributed by atoms with van der Waals surface area (Å²) in [6, 6.07) is 0.120. The fraction of sp³-hybridized carbons (Fsp3) is 0.562. The summed E-state index contributed by atoms with van der Waals surface area (Å²) in [6.45, 7) is 4.03. The van der Waals surface area contributed by atoms with Crippen LogP contribution < -0.4 is 10.9 Å². The Morgan fingerprint density at radius 1 is 1.36 bits per heavy atom. The van der Waals surface area contributed by atoms with E-state index < -0.39 is 0 Å². The lowest BCUT2D eigenvalue weighted by Crippen LogP contribution is -2.37. The van der Waals surface area contributed by atoms with Crippen LogP contribution in [0.3, 0.4) is 0 Å². The summed E-state index contributed by atoms with van der Waals surface area (Å²) in [7, 11) is 0. The molecule has 22 heavy (non-hydrogen) atoms. The lowest BCUT2D eigenvalue weighted by Gasteiger charge is -2.12.